The van der Waals surface area contributed by atoms with E-state index in [1.54, 1.807) is 0 Å². The van der Waals surface area contributed by atoms with Gasteiger partial charge in [0, 0.05) is 6.21 Å². The molecule has 0 saturated carbocycles. The highest BCUT2D eigenvalue weighted by molar-refractivity contribution is 5.79. The minimum atomic E-state index is 0.664. The monoisotopic (exact) mass is 205 g/mol. The molecule has 0 aliphatic rings. The molecule has 1 aromatic rings. The summed E-state index contributed by atoms with van der Waals surface area (Å²) in [6.07, 6.45) is 2.43. The number of benzene rings is 1. The van der Waals surface area contributed by atoms with Crippen LogP contribution in [-0.2, 0) is 0 Å². The smallest absolute Gasteiger partial charge is 0.119 e. The third-order valence-electron chi connectivity index (χ3n) is 2.37. The molecule has 0 aliphatic heterocycles. The average Bonchev–Trinajstić information content (AvgIpc) is 2.20. The van der Waals surface area contributed by atoms with E-state index in [4.69, 9.17) is 10.1 Å². The molecule has 0 radical (unpaired) electrons. The van der Waals surface area contributed by atoms with E-state index in [2.05, 4.69) is 13.8 Å². The first-order chi connectivity index (χ1) is 7.13. The lowest BCUT2D eigenvalue weighted by molar-refractivity contribution is 0.289. The van der Waals surface area contributed by atoms with E-state index in [1.807, 2.05) is 25.1 Å². The van der Waals surface area contributed by atoms with E-state index in [-0.39, 0.29) is 0 Å². The Kier molecular flexibility index (Phi) is 4.35. The maximum Gasteiger partial charge on any atom is 0.119 e. The van der Waals surface area contributed by atoms with Crippen LogP contribution in [0, 0.1) is 18.3 Å². The molecule has 1 aromatic carbocycles. The highest BCUT2D eigenvalue weighted by Gasteiger charge is 1.99. The second-order valence-electron chi connectivity index (χ2n) is 4.19. The number of hydrogen-bond donors (Lipinski definition) is 1. The molecule has 0 saturated heterocycles. The summed E-state index contributed by atoms with van der Waals surface area (Å²) in [6.45, 7) is 7.11. The van der Waals surface area contributed by atoms with Crippen LogP contribution < -0.4 is 4.74 Å². The van der Waals surface area contributed by atoms with Crippen molar-refractivity contribution < 1.29 is 4.74 Å². The molecule has 2 heteroatoms. The van der Waals surface area contributed by atoms with E-state index < -0.39 is 0 Å². The molecule has 82 valence electrons. The van der Waals surface area contributed by atoms with Crippen molar-refractivity contribution in [2.24, 2.45) is 5.92 Å². The van der Waals surface area contributed by atoms with Crippen LogP contribution in [-0.4, -0.2) is 12.8 Å². The Balaban J connectivity index is 2.58. The van der Waals surface area contributed by atoms with Gasteiger partial charge in [-0.05, 0) is 42.5 Å². The van der Waals surface area contributed by atoms with Gasteiger partial charge in [-0.15, -0.1) is 0 Å². The van der Waals surface area contributed by atoms with Gasteiger partial charge in [0.05, 0.1) is 6.61 Å². The van der Waals surface area contributed by atoms with Gasteiger partial charge in [-0.2, -0.15) is 0 Å². The molecule has 0 aliphatic carbocycles. The van der Waals surface area contributed by atoms with Crippen molar-refractivity contribution in [2.75, 3.05) is 6.61 Å². The van der Waals surface area contributed by atoms with E-state index in [1.165, 1.54) is 6.21 Å². The zero-order valence-electron chi connectivity index (χ0n) is 9.71. The zero-order valence-corrected chi connectivity index (χ0v) is 9.71. The van der Waals surface area contributed by atoms with Gasteiger partial charge in [0.15, 0.2) is 0 Å². The second kappa shape index (κ2) is 5.54. The summed E-state index contributed by atoms with van der Waals surface area (Å²) in [4.78, 5) is 0. The summed E-state index contributed by atoms with van der Waals surface area (Å²) in [5.41, 5.74) is 2.04. The SMILES string of the molecule is Cc1ccc(OCCC(C)C)cc1C=N. The van der Waals surface area contributed by atoms with E-state index in [0.29, 0.717) is 5.92 Å². The van der Waals surface area contributed by atoms with Crippen molar-refractivity contribution in [1.29, 1.82) is 5.41 Å². The minimum absolute atomic E-state index is 0.664. The van der Waals surface area contributed by atoms with Gasteiger partial charge < -0.3 is 10.1 Å². The third-order valence-corrected chi connectivity index (χ3v) is 2.37. The molecule has 0 amide bonds. The minimum Gasteiger partial charge on any atom is -0.494 e. The van der Waals surface area contributed by atoms with Crippen LogP contribution in [0.1, 0.15) is 31.4 Å². The molecule has 15 heavy (non-hydrogen) atoms. The number of ether oxygens (including phenoxy) is 1. The third kappa shape index (κ3) is 3.74. The van der Waals surface area contributed by atoms with Gasteiger partial charge in [0.1, 0.15) is 5.75 Å². The van der Waals surface area contributed by atoms with Gasteiger partial charge in [-0.3, -0.25) is 0 Å². The molecule has 1 N–H and O–H groups in total. The van der Waals surface area contributed by atoms with Crippen molar-refractivity contribution in [1.82, 2.24) is 0 Å². The van der Waals surface area contributed by atoms with E-state index in [0.717, 1.165) is 29.9 Å². The fourth-order valence-corrected chi connectivity index (χ4v) is 1.28. The van der Waals surface area contributed by atoms with Crippen LogP contribution in [0.15, 0.2) is 18.2 Å². The highest BCUT2D eigenvalue weighted by Crippen LogP contribution is 2.16. The first-order valence-corrected chi connectivity index (χ1v) is 5.37. The standard InChI is InChI=1S/C13H19NO/c1-10(2)6-7-15-13-5-4-11(3)12(8-13)9-14/h4-5,8-10,14H,6-7H2,1-3H3. The predicted molar refractivity (Wildman–Crippen MR) is 64.0 cm³/mol. The Morgan fingerprint density at radius 1 is 1.40 bits per heavy atom. The normalized spacial score (nSPS) is 10.4. The zero-order chi connectivity index (χ0) is 11.3. The predicted octanol–water partition coefficient (Wildman–Crippen LogP) is 3.42. The molecule has 0 bridgehead atoms. The first kappa shape index (κ1) is 11.8. The summed E-state index contributed by atoms with van der Waals surface area (Å²) in [7, 11) is 0. The Hall–Kier alpha value is -1.31. The van der Waals surface area contributed by atoms with Gasteiger partial charge in [0.25, 0.3) is 0 Å². The van der Waals surface area contributed by atoms with Crippen molar-refractivity contribution >= 4 is 6.21 Å². The lowest BCUT2D eigenvalue weighted by atomic mass is 10.1. The summed E-state index contributed by atoms with van der Waals surface area (Å²) >= 11 is 0. The second-order valence-corrected chi connectivity index (χ2v) is 4.19. The maximum atomic E-state index is 7.25. The molecule has 0 atom stereocenters. The average molecular weight is 205 g/mol. The Labute approximate surface area is 91.8 Å². The van der Waals surface area contributed by atoms with Gasteiger partial charge in [-0.25, -0.2) is 0 Å². The molecule has 1 rings (SSSR count). The summed E-state index contributed by atoms with van der Waals surface area (Å²) < 4.78 is 5.61. The summed E-state index contributed by atoms with van der Waals surface area (Å²) in [5.74, 6) is 1.53. The Bertz CT molecular complexity index is 331. The van der Waals surface area contributed by atoms with Crippen molar-refractivity contribution in [3.8, 4) is 5.75 Å². The molecule has 2 nitrogen and oxygen atoms in total. The Morgan fingerprint density at radius 2 is 2.13 bits per heavy atom. The van der Waals surface area contributed by atoms with E-state index in [9.17, 15) is 0 Å². The Morgan fingerprint density at radius 3 is 2.73 bits per heavy atom. The van der Waals surface area contributed by atoms with Gasteiger partial charge in [0.2, 0.25) is 0 Å². The fraction of sp³-hybridized carbons (Fsp3) is 0.462. The maximum absolute atomic E-state index is 7.25. The van der Waals surface area contributed by atoms with Crippen molar-refractivity contribution in [3.63, 3.8) is 0 Å². The quantitative estimate of drug-likeness (QED) is 0.734. The fourth-order valence-electron chi connectivity index (χ4n) is 1.28. The van der Waals surface area contributed by atoms with Crippen LogP contribution in [0.5, 0.6) is 5.75 Å². The van der Waals surface area contributed by atoms with Gasteiger partial charge >= 0.3 is 0 Å². The van der Waals surface area contributed by atoms with E-state index >= 15 is 0 Å². The summed E-state index contributed by atoms with van der Waals surface area (Å²) in [5, 5.41) is 7.25. The molecule has 0 aromatic heterocycles. The summed E-state index contributed by atoms with van der Waals surface area (Å²) in [6, 6.07) is 5.87. The number of aryl methyl sites for hydroxylation is 1. The molecule has 0 heterocycles. The number of rotatable bonds is 5. The van der Waals surface area contributed by atoms with Crippen LogP contribution >= 0.6 is 0 Å². The van der Waals surface area contributed by atoms with Crippen molar-refractivity contribution in [3.05, 3.63) is 29.3 Å². The topological polar surface area (TPSA) is 33.1 Å². The lowest BCUT2D eigenvalue weighted by Crippen LogP contribution is -2.01. The molecule has 0 unspecified atom stereocenters. The van der Waals surface area contributed by atoms with Gasteiger partial charge in [-0.1, -0.05) is 19.9 Å². The molecule has 0 spiro atoms. The largest absolute Gasteiger partial charge is 0.494 e. The molecule has 0 fully saturated rings. The van der Waals surface area contributed by atoms with Crippen LogP contribution in [0.4, 0.5) is 0 Å². The first-order valence-electron chi connectivity index (χ1n) is 5.37. The highest BCUT2D eigenvalue weighted by atomic mass is 16.5. The number of hydrogen-bond acceptors (Lipinski definition) is 2. The molecular weight excluding hydrogens is 186 g/mol. The van der Waals surface area contributed by atoms with Crippen LogP contribution in [0.3, 0.4) is 0 Å². The van der Waals surface area contributed by atoms with Crippen LogP contribution in [0.2, 0.25) is 0 Å². The number of nitrogens with one attached hydrogen (secondary N) is 1. The molecular formula is C13H19NO. The lowest BCUT2D eigenvalue weighted by Gasteiger charge is -2.09. The van der Waals surface area contributed by atoms with Crippen molar-refractivity contribution in [2.45, 2.75) is 27.2 Å². The van der Waals surface area contributed by atoms with Crippen LogP contribution in [0.25, 0.3) is 0 Å².